The first kappa shape index (κ1) is 12.6. The van der Waals surface area contributed by atoms with Gasteiger partial charge in [-0.25, -0.2) is 4.98 Å². The Morgan fingerprint density at radius 2 is 2.12 bits per heavy atom. The van der Waals surface area contributed by atoms with E-state index < -0.39 is 0 Å². The molecule has 0 N–H and O–H groups in total. The van der Waals surface area contributed by atoms with Crippen LogP contribution < -0.4 is 0 Å². The van der Waals surface area contributed by atoms with Gasteiger partial charge in [-0.1, -0.05) is 0 Å². The molecule has 0 aliphatic heterocycles. The van der Waals surface area contributed by atoms with Crippen molar-refractivity contribution in [3.63, 3.8) is 0 Å². The van der Waals surface area contributed by atoms with Gasteiger partial charge in [-0.15, -0.1) is 22.9 Å². The summed E-state index contributed by atoms with van der Waals surface area (Å²) in [5.41, 5.74) is 4.61. The van der Waals surface area contributed by atoms with Crippen molar-refractivity contribution in [3.8, 4) is 0 Å². The molecule has 2 heterocycles. The first-order valence-electron chi connectivity index (χ1n) is 5.61. The lowest BCUT2D eigenvalue weighted by Gasteiger charge is -2.02. The second-order valence-corrected chi connectivity index (χ2v) is 5.35. The van der Waals surface area contributed by atoms with E-state index in [1.54, 1.807) is 11.3 Å². The Kier molecular flexibility index (Phi) is 3.84. The van der Waals surface area contributed by atoms with Gasteiger partial charge in [0.15, 0.2) is 0 Å². The molecule has 0 saturated carbocycles. The molecule has 0 spiro atoms. The van der Waals surface area contributed by atoms with Crippen LogP contribution in [-0.4, -0.2) is 14.8 Å². The molecule has 17 heavy (non-hydrogen) atoms. The van der Waals surface area contributed by atoms with Crippen molar-refractivity contribution >= 4 is 22.9 Å². The highest BCUT2D eigenvalue weighted by Gasteiger charge is 2.08. The molecule has 2 aromatic rings. The number of aryl methyl sites for hydroxylation is 3. The molecule has 0 unspecified atom stereocenters. The third-order valence-corrected chi connectivity index (χ3v) is 4.25. The zero-order valence-electron chi connectivity index (χ0n) is 10.3. The van der Waals surface area contributed by atoms with Gasteiger partial charge in [0.05, 0.1) is 22.3 Å². The molecule has 3 nitrogen and oxygen atoms in total. The minimum absolute atomic E-state index is 0.496. The first-order valence-corrected chi connectivity index (χ1v) is 7.03. The van der Waals surface area contributed by atoms with Gasteiger partial charge in [-0.05, 0) is 26.3 Å². The van der Waals surface area contributed by atoms with E-state index >= 15 is 0 Å². The van der Waals surface area contributed by atoms with Crippen LogP contribution in [-0.2, 0) is 18.8 Å². The fourth-order valence-corrected chi connectivity index (χ4v) is 2.75. The minimum atomic E-state index is 0.496. The average molecular weight is 270 g/mol. The third kappa shape index (κ3) is 2.69. The lowest BCUT2D eigenvalue weighted by Crippen LogP contribution is -2.05. The predicted molar refractivity (Wildman–Crippen MR) is 71.8 cm³/mol. The Balaban J connectivity index is 2.04. The molecule has 2 aromatic heterocycles. The molecule has 0 aliphatic rings. The summed E-state index contributed by atoms with van der Waals surface area (Å²) in [6.07, 6.45) is 0.920. The summed E-state index contributed by atoms with van der Waals surface area (Å²) in [7, 11) is 0. The maximum Gasteiger partial charge on any atom is 0.0947 e. The minimum Gasteiger partial charge on any atom is -0.269 e. The Labute approximate surface area is 110 Å². The molecule has 0 fully saturated rings. The van der Waals surface area contributed by atoms with E-state index in [2.05, 4.69) is 28.6 Å². The summed E-state index contributed by atoms with van der Waals surface area (Å²) < 4.78 is 2.06. The predicted octanol–water partition coefficient (Wildman–Crippen LogP) is 3.25. The number of thiazole rings is 1. The third-order valence-electron chi connectivity index (χ3n) is 3.02. The maximum absolute atomic E-state index is 5.73. The highest BCUT2D eigenvalue weighted by molar-refractivity contribution is 7.09. The van der Waals surface area contributed by atoms with Crippen molar-refractivity contribution in [2.75, 3.05) is 0 Å². The molecule has 0 aliphatic carbocycles. The van der Waals surface area contributed by atoms with Crippen LogP contribution in [0.3, 0.4) is 0 Å². The molecule has 0 saturated heterocycles. The van der Waals surface area contributed by atoms with Crippen LogP contribution in [0.15, 0.2) is 5.38 Å². The van der Waals surface area contributed by atoms with Crippen LogP contribution in [0.2, 0.25) is 0 Å². The van der Waals surface area contributed by atoms with E-state index in [1.165, 1.54) is 11.3 Å². The SMILES string of the molecule is Cc1nn(CCc2nc(CCl)cs2)c(C)c1C. The van der Waals surface area contributed by atoms with E-state index in [0.29, 0.717) is 5.88 Å². The van der Waals surface area contributed by atoms with Crippen molar-refractivity contribution in [3.05, 3.63) is 33.0 Å². The molecule has 0 aromatic carbocycles. The highest BCUT2D eigenvalue weighted by atomic mass is 35.5. The standard InChI is InChI=1S/C12H16ClN3S/c1-8-9(2)15-16(10(8)3)5-4-12-14-11(6-13)7-17-12/h7H,4-6H2,1-3H3. The second-order valence-electron chi connectivity index (χ2n) is 4.14. The van der Waals surface area contributed by atoms with Crippen molar-refractivity contribution in [1.29, 1.82) is 0 Å². The zero-order valence-corrected chi connectivity index (χ0v) is 11.9. The van der Waals surface area contributed by atoms with Crippen LogP contribution in [0.4, 0.5) is 0 Å². The van der Waals surface area contributed by atoms with Crippen LogP contribution in [0.25, 0.3) is 0 Å². The Bertz CT molecular complexity index is 516. The fourth-order valence-electron chi connectivity index (χ4n) is 1.73. The average Bonchev–Trinajstić information content (AvgIpc) is 2.88. The first-order chi connectivity index (χ1) is 8.11. The molecule has 0 atom stereocenters. The van der Waals surface area contributed by atoms with Crippen molar-refractivity contribution in [2.24, 2.45) is 0 Å². The van der Waals surface area contributed by atoms with Gasteiger partial charge in [-0.3, -0.25) is 4.68 Å². The number of nitrogens with zero attached hydrogens (tertiary/aromatic N) is 3. The topological polar surface area (TPSA) is 30.7 Å². The molecular weight excluding hydrogens is 254 g/mol. The maximum atomic E-state index is 5.73. The molecule has 0 radical (unpaired) electrons. The van der Waals surface area contributed by atoms with E-state index in [1.807, 2.05) is 12.3 Å². The van der Waals surface area contributed by atoms with Gasteiger partial charge >= 0.3 is 0 Å². The van der Waals surface area contributed by atoms with Gasteiger partial charge in [0.1, 0.15) is 0 Å². The molecule has 5 heteroatoms. The quantitative estimate of drug-likeness (QED) is 0.798. The summed E-state index contributed by atoms with van der Waals surface area (Å²) >= 11 is 7.41. The molecule has 2 rings (SSSR count). The molecule has 0 bridgehead atoms. The summed E-state index contributed by atoms with van der Waals surface area (Å²) in [5, 5.41) is 7.67. The lowest BCUT2D eigenvalue weighted by atomic mass is 10.2. The monoisotopic (exact) mass is 269 g/mol. The normalized spacial score (nSPS) is 11.1. The van der Waals surface area contributed by atoms with Crippen LogP contribution in [0.1, 0.15) is 27.7 Å². The number of hydrogen-bond donors (Lipinski definition) is 0. The summed E-state index contributed by atoms with van der Waals surface area (Å²) in [6.45, 7) is 7.16. The summed E-state index contributed by atoms with van der Waals surface area (Å²) in [6, 6.07) is 0. The number of aromatic nitrogens is 3. The molecular formula is C12H16ClN3S. The van der Waals surface area contributed by atoms with Gasteiger partial charge in [0.25, 0.3) is 0 Å². The highest BCUT2D eigenvalue weighted by Crippen LogP contribution is 2.15. The number of rotatable bonds is 4. The van der Waals surface area contributed by atoms with Crippen LogP contribution >= 0.6 is 22.9 Å². The van der Waals surface area contributed by atoms with Gasteiger partial charge in [0.2, 0.25) is 0 Å². The Hall–Kier alpha value is -0.870. The van der Waals surface area contributed by atoms with E-state index in [9.17, 15) is 0 Å². The van der Waals surface area contributed by atoms with Gasteiger partial charge in [0, 0.05) is 24.0 Å². The molecule has 0 amide bonds. The largest absolute Gasteiger partial charge is 0.269 e. The zero-order chi connectivity index (χ0) is 12.4. The molecule has 92 valence electrons. The van der Waals surface area contributed by atoms with Crippen LogP contribution in [0, 0.1) is 20.8 Å². The second kappa shape index (κ2) is 5.19. The lowest BCUT2D eigenvalue weighted by molar-refractivity contribution is 0.592. The number of halogens is 1. The van der Waals surface area contributed by atoms with Gasteiger partial charge in [-0.2, -0.15) is 5.10 Å². The summed E-state index contributed by atoms with van der Waals surface area (Å²) in [4.78, 5) is 4.45. The number of hydrogen-bond acceptors (Lipinski definition) is 3. The smallest absolute Gasteiger partial charge is 0.0947 e. The van der Waals surface area contributed by atoms with E-state index in [-0.39, 0.29) is 0 Å². The summed E-state index contributed by atoms with van der Waals surface area (Å²) in [5.74, 6) is 0.496. The van der Waals surface area contributed by atoms with Crippen molar-refractivity contribution in [1.82, 2.24) is 14.8 Å². The van der Waals surface area contributed by atoms with Crippen LogP contribution in [0.5, 0.6) is 0 Å². The Morgan fingerprint density at radius 1 is 1.35 bits per heavy atom. The van der Waals surface area contributed by atoms with Crippen molar-refractivity contribution in [2.45, 2.75) is 39.6 Å². The van der Waals surface area contributed by atoms with E-state index in [4.69, 9.17) is 11.6 Å². The Morgan fingerprint density at radius 3 is 2.65 bits per heavy atom. The van der Waals surface area contributed by atoms with Crippen molar-refractivity contribution < 1.29 is 0 Å². The number of alkyl halides is 1. The van der Waals surface area contributed by atoms with E-state index in [0.717, 1.165) is 29.4 Å². The fraction of sp³-hybridized carbons (Fsp3) is 0.500. The van der Waals surface area contributed by atoms with Gasteiger partial charge < -0.3 is 0 Å².